The Morgan fingerprint density at radius 2 is 2.05 bits per heavy atom. The Labute approximate surface area is 112 Å². The molecule has 2 fully saturated rings. The van der Waals surface area contributed by atoms with E-state index in [-0.39, 0.29) is 6.10 Å². The predicted octanol–water partition coefficient (Wildman–Crippen LogP) is 2.00. The molecule has 5 nitrogen and oxygen atoms in total. The van der Waals surface area contributed by atoms with Crippen molar-refractivity contribution in [2.24, 2.45) is 5.92 Å². The highest BCUT2D eigenvalue weighted by molar-refractivity contribution is 6.07. The van der Waals surface area contributed by atoms with Gasteiger partial charge in [-0.1, -0.05) is 0 Å². The normalized spacial score (nSPS) is 20.2. The molecule has 0 atom stereocenters. The van der Waals surface area contributed by atoms with Gasteiger partial charge in [-0.3, -0.25) is 0 Å². The van der Waals surface area contributed by atoms with Gasteiger partial charge in [-0.25, -0.2) is 4.98 Å². The summed E-state index contributed by atoms with van der Waals surface area (Å²) in [5, 5.41) is 8.22. The summed E-state index contributed by atoms with van der Waals surface area (Å²) in [5.74, 6) is 0.854. The Morgan fingerprint density at radius 3 is 2.74 bits per heavy atom. The summed E-state index contributed by atoms with van der Waals surface area (Å²) in [6.45, 7) is 1.45. The number of ether oxygens (including phenoxy) is 2. The molecule has 1 aliphatic heterocycles. The minimum absolute atomic E-state index is 0.119. The van der Waals surface area contributed by atoms with Gasteiger partial charge in [0.2, 0.25) is 5.88 Å². The SMILES string of the molecule is N=C(c1c(N)ccnc1OC1CCOCC1)C1CC1. The highest BCUT2D eigenvalue weighted by Crippen LogP contribution is 2.37. The molecule has 1 saturated carbocycles. The average molecular weight is 261 g/mol. The number of pyridine rings is 1. The summed E-state index contributed by atoms with van der Waals surface area (Å²) >= 11 is 0. The van der Waals surface area contributed by atoms with Gasteiger partial charge in [-0.05, 0) is 18.9 Å². The van der Waals surface area contributed by atoms with Gasteiger partial charge < -0.3 is 20.6 Å². The fourth-order valence-corrected chi connectivity index (χ4v) is 2.34. The van der Waals surface area contributed by atoms with Gasteiger partial charge in [0.25, 0.3) is 0 Å². The number of rotatable bonds is 4. The van der Waals surface area contributed by atoms with Crippen LogP contribution in [0.25, 0.3) is 0 Å². The number of nitrogens with zero attached hydrogens (tertiary/aromatic N) is 1. The smallest absolute Gasteiger partial charge is 0.224 e. The first-order chi connectivity index (χ1) is 9.25. The van der Waals surface area contributed by atoms with E-state index in [0.29, 0.717) is 28.8 Å². The zero-order valence-corrected chi connectivity index (χ0v) is 10.9. The highest BCUT2D eigenvalue weighted by Gasteiger charge is 2.31. The lowest BCUT2D eigenvalue weighted by Crippen LogP contribution is -2.27. The maximum Gasteiger partial charge on any atom is 0.224 e. The standard InChI is InChI=1S/C14H19N3O2/c15-11-3-6-17-14(12(11)13(16)9-1-2-9)19-10-4-7-18-8-5-10/h3,6,9-10,16H,1-2,4-5,7-8H2,(H2,15,17). The molecule has 0 unspecified atom stereocenters. The third kappa shape index (κ3) is 2.71. The van der Waals surface area contributed by atoms with Crippen molar-refractivity contribution in [2.75, 3.05) is 18.9 Å². The molecular weight excluding hydrogens is 242 g/mol. The quantitative estimate of drug-likeness (QED) is 0.812. The third-order valence-corrected chi connectivity index (χ3v) is 3.65. The van der Waals surface area contributed by atoms with Crippen LogP contribution >= 0.6 is 0 Å². The fourth-order valence-electron chi connectivity index (χ4n) is 2.34. The predicted molar refractivity (Wildman–Crippen MR) is 72.7 cm³/mol. The minimum atomic E-state index is 0.119. The van der Waals surface area contributed by atoms with Crippen molar-refractivity contribution in [1.29, 1.82) is 5.41 Å². The van der Waals surface area contributed by atoms with Crippen LogP contribution in [0.15, 0.2) is 12.3 Å². The van der Waals surface area contributed by atoms with Crippen LogP contribution in [0.1, 0.15) is 31.2 Å². The summed E-state index contributed by atoms with van der Waals surface area (Å²) in [6, 6.07) is 1.74. The Bertz CT molecular complexity index is 480. The Kier molecular flexibility index (Phi) is 3.38. The Hall–Kier alpha value is -1.62. The second kappa shape index (κ2) is 5.17. The van der Waals surface area contributed by atoms with Gasteiger partial charge in [0.1, 0.15) is 6.10 Å². The van der Waals surface area contributed by atoms with Gasteiger partial charge in [0, 0.05) is 36.4 Å². The first kappa shape index (κ1) is 12.4. The number of aromatic nitrogens is 1. The van der Waals surface area contributed by atoms with Crippen LogP contribution < -0.4 is 10.5 Å². The second-order valence-corrected chi connectivity index (χ2v) is 5.20. The fraction of sp³-hybridized carbons (Fsp3) is 0.571. The topological polar surface area (TPSA) is 81.2 Å². The summed E-state index contributed by atoms with van der Waals surface area (Å²) in [6.07, 6.45) is 5.65. The molecule has 19 heavy (non-hydrogen) atoms. The van der Waals surface area contributed by atoms with Crippen LogP contribution in [-0.2, 0) is 4.74 Å². The molecule has 102 valence electrons. The molecule has 0 amide bonds. The van der Waals surface area contributed by atoms with Crippen molar-refractivity contribution in [1.82, 2.24) is 4.98 Å². The van der Waals surface area contributed by atoms with Gasteiger partial charge in [-0.2, -0.15) is 0 Å². The molecule has 3 N–H and O–H groups in total. The van der Waals surface area contributed by atoms with Crippen LogP contribution in [0.5, 0.6) is 5.88 Å². The van der Waals surface area contributed by atoms with Crippen molar-refractivity contribution >= 4 is 11.4 Å². The molecule has 0 spiro atoms. The van der Waals surface area contributed by atoms with Gasteiger partial charge in [0.05, 0.1) is 18.8 Å². The van der Waals surface area contributed by atoms with E-state index in [9.17, 15) is 0 Å². The molecule has 2 aliphatic rings. The largest absolute Gasteiger partial charge is 0.474 e. The highest BCUT2D eigenvalue weighted by atomic mass is 16.5. The van der Waals surface area contributed by atoms with E-state index in [1.54, 1.807) is 12.3 Å². The zero-order chi connectivity index (χ0) is 13.2. The van der Waals surface area contributed by atoms with Gasteiger partial charge in [0.15, 0.2) is 0 Å². The van der Waals surface area contributed by atoms with Crippen LogP contribution in [0.2, 0.25) is 0 Å². The molecule has 1 saturated heterocycles. The van der Waals surface area contributed by atoms with Crippen LogP contribution in [0.3, 0.4) is 0 Å². The van der Waals surface area contributed by atoms with E-state index in [4.69, 9.17) is 20.6 Å². The van der Waals surface area contributed by atoms with Crippen molar-refractivity contribution in [3.8, 4) is 5.88 Å². The average Bonchev–Trinajstić information content (AvgIpc) is 3.24. The molecular formula is C14H19N3O2. The van der Waals surface area contributed by atoms with Crippen LogP contribution in [-0.4, -0.2) is 30.0 Å². The monoisotopic (exact) mass is 261 g/mol. The van der Waals surface area contributed by atoms with E-state index in [2.05, 4.69) is 4.98 Å². The number of hydrogen-bond acceptors (Lipinski definition) is 5. The molecule has 0 bridgehead atoms. The number of nitrogens with two attached hydrogens (primary N) is 1. The van der Waals surface area contributed by atoms with Gasteiger partial charge >= 0.3 is 0 Å². The van der Waals surface area contributed by atoms with E-state index < -0.39 is 0 Å². The maximum atomic E-state index is 8.22. The van der Waals surface area contributed by atoms with E-state index >= 15 is 0 Å². The second-order valence-electron chi connectivity index (χ2n) is 5.20. The molecule has 2 heterocycles. The summed E-state index contributed by atoms with van der Waals surface area (Å²) in [7, 11) is 0. The van der Waals surface area contributed by atoms with Gasteiger partial charge in [-0.15, -0.1) is 0 Å². The third-order valence-electron chi connectivity index (χ3n) is 3.65. The summed E-state index contributed by atoms with van der Waals surface area (Å²) in [5.41, 5.74) is 7.87. The van der Waals surface area contributed by atoms with E-state index in [1.165, 1.54) is 0 Å². The molecule has 0 radical (unpaired) electrons. The lowest BCUT2D eigenvalue weighted by molar-refractivity contribution is 0.0237. The van der Waals surface area contributed by atoms with E-state index in [1.807, 2.05) is 0 Å². The van der Waals surface area contributed by atoms with Crippen LogP contribution in [0, 0.1) is 11.3 Å². The Morgan fingerprint density at radius 1 is 1.32 bits per heavy atom. The van der Waals surface area contributed by atoms with Crippen molar-refractivity contribution in [2.45, 2.75) is 31.8 Å². The maximum absolute atomic E-state index is 8.22. The molecule has 3 rings (SSSR count). The number of nitrogens with one attached hydrogen (secondary N) is 1. The first-order valence-electron chi connectivity index (χ1n) is 6.83. The summed E-state index contributed by atoms with van der Waals surface area (Å²) in [4.78, 5) is 4.28. The zero-order valence-electron chi connectivity index (χ0n) is 10.9. The van der Waals surface area contributed by atoms with Crippen LogP contribution in [0.4, 0.5) is 5.69 Å². The number of hydrogen-bond donors (Lipinski definition) is 2. The molecule has 1 aromatic heterocycles. The van der Waals surface area contributed by atoms with E-state index in [0.717, 1.165) is 38.9 Å². The minimum Gasteiger partial charge on any atom is -0.474 e. The lowest BCUT2D eigenvalue weighted by Gasteiger charge is -2.24. The number of anilines is 1. The first-order valence-corrected chi connectivity index (χ1v) is 6.83. The van der Waals surface area contributed by atoms with Crippen molar-refractivity contribution in [3.05, 3.63) is 17.8 Å². The summed E-state index contributed by atoms with van der Waals surface area (Å²) < 4.78 is 11.3. The number of nitrogen functional groups attached to an aromatic ring is 1. The van der Waals surface area contributed by atoms with Crippen molar-refractivity contribution < 1.29 is 9.47 Å². The molecule has 1 aromatic rings. The molecule has 0 aromatic carbocycles. The molecule has 1 aliphatic carbocycles. The lowest BCUT2D eigenvalue weighted by atomic mass is 10.1. The molecule has 5 heteroatoms. The Balaban J connectivity index is 1.82. The van der Waals surface area contributed by atoms with Crippen molar-refractivity contribution in [3.63, 3.8) is 0 Å².